The second kappa shape index (κ2) is 20.4. The first kappa shape index (κ1) is 51.9. The highest BCUT2D eigenvalue weighted by Gasteiger charge is 2.49. The van der Waals surface area contributed by atoms with Crippen molar-refractivity contribution in [2.45, 2.75) is 10.8 Å². The lowest BCUT2D eigenvalue weighted by Gasteiger charge is -2.36. The number of fused-ring (bicyclic) bond motifs is 9. The molecule has 0 radical (unpaired) electrons. The third-order valence-corrected chi connectivity index (χ3v) is 17.2. The van der Waals surface area contributed by atoms with Crippen LogP contribution in [0.3, 0.4) is 0 Å². The molecule has 0 amide bonds. The molecule has 2 atom stereocenters. The zero-order valence-electron chi connectivity index (χ0n) is 46.1. The number of para-hydroxylation sites is 1. The summed E-state index contributed by atoms with van der Waals surface area (Å²) in [5, 5.41) is 1.91. The predicted molar refractivity (Wildman–Crippen MR) is 336 cm³/mol. The highest BCUT2D eigenvalue weighted by Crippen LogP contribution is 2.60. The highest BCUT2D eigenvalue weighted by atomic mass is 19.2. The summed E-state index contributed by atoms with van der Waals surface area (Å²) in [6.45, 7) is 7.76. The maximum atomic E-state index is 16.1. The van der Waals surface area contributed by atoms with Gasteiger partial charge in [0, 0.05) is 33.9 Å². The smallest absolute Gasteiger partial charge is 0.159 e. The van der Waals surface area contributed by atoms with Crippen molar-refractivity contribution in [3.8, 4) is 45.3 Å². The molecule has 412 valence electrons. The Hall–Kier alpha value is -11.0. The zero-order valence-corrected chi connectivity index (χ0v) is 46.1. The molecule has 1 aromatic heterocycles. The van der Waals surface area contributed by atoms with Crippen molar-refractivity contribution in [2.75, 3.05) is 4.90 Å². The van der Waals surface area contributed by atoms with Crippen LogP contribution in [0.25, 0.3) is 56.3 Å². The normalized spacial score (nSPS) is 15.4. The van der Waals surface area contributed by atoms with Crippen molar-refractivity contribution in [3.05, 3.63) is 353 Å². The number of hydrogen-bond acceptors (Lipinski definition) is 4. The molecule has 0 saturated carbocycles. The number of halogens is 4. The van der Waals surface area contributed by atoms with Crippen LogP contribution >= 0.6 is 0 Å². The Morgan fingerprint density at radius 2 is 0.709 bits per heavy atom. The van der Waals surface area contributed by atoms with Crippen LogP contribution < -0.4 is 14.4 Å². The zero-order chi connectivity index (χ0) is 58.3. The maximum absolute atomic E-state index is 16.1. The standard InChI is InChI=1S/C78H49F4NO3/c1-3-48-17-30-57(31-18-48)84-59-34-21-50(22-35-59)77(52-25-41-71(79)73(81)43-52)67-14-8-5-11-61(67)63-38-27-54(45-69(63)77)83(56-29-40-66-65-13-7-10-16-75(65)86-76(66)47-56)55-28-39-64-62-12-6-9-15-68(62)78(70(64)46-55,53-26-42-72(80)74(82)44-53)51-23-36-60(37-24-51)85-58-32-19-49(4-2)20-33-58/h3-47H,1-2H2. The van der Waals surface area contributed by atoms with Gasteiger partial charge in [0.25, 0.3) is 0 Å². The van der Waals surface area contributed by atoms with Crippen LogP contribution in [0, 0.1) is 23.3 Å². The van der Waals surface area contributed by atoms with Crippen molar-refractivity contribution in [2.24, 2.45) is 0 Å². The maximum Gasteiger partial charge on any atom is 0.159 e. The SMILES string of the molecule is C=Cc1ccc(Oc2ccc(C3(c4ccc(F)c(F)c4)c4ccccc4-c4ccc(N(c5ccc6c(c5)C(c5ccc(Oc7ccc(C=C)cc7)cc5)(c5ccc(F)c(F)c5)c5ccccc5-6)c5ccc6c(c5)oc5ccccc56)cc43)cc2)cc1. The number of anilines is 3. The fourth-order valence-electron chi connectivity index (χ4n) is 13.3. The number of benzene rings is 12. The Labute approximate surface area is 494 Å². The van der Waals surface area contributed by atoms with Gasteiger partial charge in [-0.05, 0) is 193 Å². The molecule has 15 rings (SSSR count). The summed E-state index contributed by atoms with van der Waals surface area (Å²) in [6, 6.07) is 82.2. The van der Waals surface area contributed by atoms with Crippen molar-refractivity contribution in [3.63, 3.8) is 0 Å². The van der Waals surface area contributed by atoms with E-state index in [4.69, 9.17) is 13.9 Å². The second-order valence-corrected chi connectivity index (χ2v) is 21.7. The van der Waals surface area contributed by atoms with Gasteiger partial charge in [-0.15, -0.1) is 0 Å². The van der Waals surface area contributed by atoms with E-state index in [0.29, 0.717) is 39.7 Å². The highest BCUT2D eigenvalue weighted by molar-refractivity contribution is 6.06. The van der Waals surface area contributed by atoms with Crippen LogP contribution in [-0.4, -0.2) is 0 Å². The van der Waals surface area contributed by atoms with Crippen LogP contribution in [0.15, 0.2) is 278 Å². The van der Waals surface area contributed by atoms with Gasteiger partial charge in [0.05, 0.1) is 10.8 Å². The lowest BCUT2D eigenvalue weighted by molar-refractivity contribution is 0.482. The van der Waals surface area contributed by atoms with Gasteiger partial charge in [-0.1, -0.05) is 165 Å². The van der Waals surface area contributed by atoms with E-state index < -0.39 is 34.1 Å². The van der Waals surface area contributed by atoms with E-state index >= 15 is 17.6 Å². The molecule has 86 heavy (non-hydrogen) atoms. The summed E-state index contributed by atoms with van der Waals surface area (Å²) in [5.74, 6) is -1.40. The summed E-state index contributed by atoms with van der Waals surface area (Å²) in [7, 11) is 0. The predicted octanol–water partition coefficient (Wildman–Crippen LogP) is 21.2. The molecular formula is C78H49F4NO3. The number of furan rings is 1. The van der Waals surface area contributed by atoms with E-state index in [-0.39, 0.29) is 0 Å². The average Bonchev–Trinajstić information content (AvgIpc) is 1.54. The Bertz CT molecular complexity index is 4610. The Kier molecular flexibility index (Phi) is 12.3. The average molecular weight is 1120 g/mol. The summed E-state index contributed by atoms with van der Waals surface area (Å²) in [5.41, 5.74) is 12.9. The van der Waals surface area contributed by atoms with E-state index in [1.165, 1.54) is 24.3 Å². The summed E-state index contributed by atoms with van der Waals surface area (Å²) in [6.07, 6.45) is 3.55. The molecule has 1 heterocycles. The molecular weight excluding hydrogens is 1070 g/mol. The van der Waals surface area contributed by atoms with Gasteiger partial charge in [-0.25, -0.2) is 17.6 Å². The van der Waals surface area contributed by atoms with E-state index in [0.717, 1.165) is 100 Å². The molecule has 0 N–H and O–H groups in total. The van der Waals surface area contributed by atoms with Crippen LogP contribution in [-0.2, 0) is 10.8 Å². The molecule has 2 aliphatic carbocycles. The molecule has 2 aliphatic rings. The second-order valence-electron chi connectivity index (χ2n) is 21.7. The van der Waals surface area contributed by atoms with Crippen LogP contribution in [0.4, 0.5) is 34.6 Å². The van der Waals surface area contributed by atoms with E-state index in [1.54, 1.807) is 24.3 Å². The first-order valence-electron chi connectivity index (χ1n) is 28.3. The fraction of sp³-hybridized carbons (Fsp3) is 0.0256. The molecule has 4 nitrogen and oxygen atoms in total. The van der Waals surface area contributed by atoms with Gasteiger partial charge in [0.15, 0.2) is 23.3 Å². The molecule has 8 heteroatoms. The molecule has 0 bridgehead atoms. The van der Waals surface area contributed by atoms with Gasteiger partial charge in [-0.3, -0.25) is 0 Å². The first-order valence-corrected chi connectivity index (χ1v) is 28.3. The summed E-state index contributed by atoms with van der Waals surface area (Å²) in [4.78, 5) is 2.17. The minimum Gasteiger partial charge on any atom is -0.457 e. The van der Waals surface area contributed by atoms with Gasteiger partial charge < -0.3 is 18.8 Å². The number of ether oxygens (including phenoxy) is 2. The first-order chi connectivity index (χ1) is 42.1. The number of nitrogens with zero attached hydrogens (tertiary/aromatic N) is 1. The Morgan fingerprint density at radius 3 is 1.17 bits per heavy atom. The van der Waals surface area contributed by atoms with Gasteiger partial charge in [0.1, 0.15) is 34.2 Å². The van der Waals surface area contributed by atoms with Crippen molar-refractivity contribution >= 4 is 51.2 Å². The van der Waals surface area contributed by atoms with Gasteiger partial charge in [-0.2, -0.15) is 0 Å². The van der Waals surface area contributed by atoms with Crippen molar-refractivity contribution < 1.29 is 31.5 Å². The minimum atomic E-state index is -1.19. The molecule has 0 aliphatic heterocycles. The molecule has 2 unspecified atom stereocenters. The largest absolute Gasteiger partial charge is 0.457 e. The summed E-state index contributed by atoms with van der Waals surface area (Å²) >= 11 is 0. The van der Waals surface area contributed by atoms with Crippen molar-refractivity contribution in [1.29, 1.82) is 0 Å². The quantitative estimate of drug-likeness (QED) is 0.108. The molecule has 0 spiro atoms. The van der Waals surface area contributed by atoms with Gasteiger partial charge in [0.2, 0.25) is 0 Å². The number of rotatable bonds is 13. The van der Waals surface area contributed by atoms with E-state index in [1.807, 2.05) is 152 Å². The number of hydrogen-bond donors (Lipinski definition) is 0. The molecule has 13 aromatic rings. The minimum absolute atomic E-state index is 0.525. The third-order valence-electron chi connectivity index (χ3n) is 17.2. The topological polar surface area (TPSA) is 34.8 Å². The Balaban J connectivity index is 0.956. The third kappa shape index (κ3) is 8.20. The molecule has 0 fully saturated rings. The van der Waals surface area contributed by atoms with E-state index in [9.17, 15) is 0 Å². The monoisotopic (exact) mass is 1120 g/mol. The van der Waals surface area contributed by atoms with Crippen LogP contribution in [0.1, 0.15) is 55.6 Å². The van der Waals surface area contributed by atoms with E-state index in [2.05, 4.69) is 90.9 Å². The lowest BCUT2D eigenvalue weighted by Crippen LogP contribution is -2.29. The molecule has 0 saturated heterocycles. The van der Waals surface area contributed by atoms with Crippen molar-refractivity contribution in [1.82, 2.24) is 0 Å². The lowest BCUT2D eigenvalue weighted by atomic mass is 9.67. The van der Waals surface area contributed by atoms with Gasteiger partial charge >= 0.3 is 0 Å². The Morgan fingerprint density at radius 1 is 0.326 bits per heavy atom. The fourth-order valence-corrected chi connectivity index (χ4v) is 13.3. The van der Waals surface area contributed by atoms with Crippen LogP contribution in [0.2, 0.25) is 0 Å². The summed E-state index contributed by atoms with van der Waals surface area (Å²) < 4.78 is 82.2. The molecule has 12 aromatic carbocycles. The van der Waals surface area contributed by atoms with Crippen LogP contribution in [0.5, 0.6) is 23.0 Å².